The molecule has 18 heavy (non-hydrogen) atoms. The summed E-state index contributed by atoms with van der Waals surface area (Å²) in [5, 5.41) is 0. The van der Waals surface area contributed by atoms with E-state index < -0.39 is 0 Å². The van der Waals surface area contributed by atoms with Crippen molar-refractivity contribution >= 4 is 12.2 Å². The first kappa shape index (κ1) is 16.0. The van der Waals surface area contributed by atoms with Gasteiger partial charge in [0.1, 0.15) is 5.82 Å². The largest absolute Gasteiger partial charge is 0.349 e. The van der Waals surface area contributed by atoms with Crippen LogP contribution in [0.2, 0.25) is 0 Å². The van der Waals surface area contributed by atoms with Crippen molar-refractivity contribution in [2.75, 3.05) is 13.1 Å². The van der Waals surface area contributed by atoms with Gasteiger partial charge < -0.3 is 4.98 Å². The van der Waals surface area contributed by atoms with Gasteiger partial charge in [-0.25, -0.2) is 24.6 Å². The molecule has 6 nitrogen and oxygen atoms in total. The molecule has 1 N–H and O–H groups in total. The maximum absolute atomic E-state index is 9.63. The van der Waals surface area contributed by atoms with Gasteiger partial charge in [-0.05, 0) is 19.8 Å². The van der Waals surface area contributed by atoms with Gasteiger partial charge >= 0.3 is 0 Å². The fraction of sp³-hybridized carbons (Fsp3) is 0.583. The van der Waals surface area contributed by atoms with Gasteiger partial charge in [0.2, 0.25) is 12.2 Å². The predicted octanol–water partition coefficient (Wildman–Crippen LogP) is 1.94. The molecular weight excluding hydrogens is 232 g/mol. The number of hydrogen-bond donors (Lipinski definition) is 1. The molecule has 98 valence electrons. The van der Waals surface area contributed by atoms with E-state index in [9.17, 15) is 9.59 Å². The molecule has 1 aromatic rings. The second-order valence-electron chi connectivity index (χ2n) is 3.53. The number of nitrogens with one attached hydrogen (secondary N) is 1. The van der Waals surface area contributed by atoms with Crippen molar-refractivity contribution in [1.29, 1.82) is 0 Å². The van der Waals surface area contributed by atoms with Crippen molar-refractivity contribution in [2.24, 2.45) is 9.98 Å². The number of nitrogens with zero attached hydrogens (tertiary/aromatic N) is 3. The molecule has 0 aliphatic carbocycles. The molecule has 0 amide bonds. The highest BCUT2D eigenvalue weighted by atomic mass is 16.1. The minimum atomic E-state index is 0.556. The Morgan fingerprint density at radius 3 is 1.94 bits per heavy atom. The normalized spacial score (nSPS) is 8.50. The Morgan fingerprint density at radius 1 is 1.11 bits per heavy atom. The van der Waals surface area contributed by atoms with Gasteiger partial charge in [0, 0.05) is 12.4 Å². The summed E-state index contributed by atoms with van der Waals surface area (Å²) in [6, 6.07) is 0. The number of imidazole rings is 1. The van der Waals surface area contributed by atoms with Crippen LogP contribution in [0.5, 0.6) is 0 Å². The molecule has 0 radical (unpaired) electrons. The van der Waals surface area contributed by atoms with Crippen molar-refractivity contribution < 1.29 is 9.59 Å². The number of unbranched alkanes of at least 4 members (excludes halogenated alkanes) is 3. The first-order chi connectivity index (χ1) is 8.81. The Bertz CT molecular complexity index is 355. The van der Waals surface area contributed by atoms with Crippen LogP contribution in [-0.2, 0) is 9.59 Å². The highest BCUT2D eigenvalue weighted by Crippen LogP contribution is 1.99. The van der Waals surface area contributed by atoms with Crippen LogP contribution in [-0.4, -0.2) is 35.2 Å². The third-order valence-electron chi connectivity index (χ3n) is 2.05. The lowest BCUT2D eigenvalue weighted by atomic mass is 10.2. The zero-order valence-corrected chi connectivity index (χ0v) is 10.6. The van der Waals surface area contributed by atoms with E-state index in [1.54, 1.807) is 12.4 Å². The van der Waals surface area contributed by atoms with Crippen LogP contribution in [0.4, 0.5) is 0 Å². The van der Waals surface area contributed by atoms with Crippen LogP contribution < -0.4 is 0 Å². The lowest BCUT2D eigenvalue weighted by molar-refractivity contribution is 0.558. The van der Waals surface area contributed by atoms with Crippen LogP contribution >= 0.6 is 0 Å². The highest BCUT2D eigenvalue weighted by Gasteiger charge is 1.87. The number of rotatable bonds is 7. The second-order valence-corrected chi connectivity index (χ2v) is 3.53. The van der Waals surface area contributed by atoms with Crippen molar-refractivity contribution in [2.45, 2.75) is 32.6 Å². The van der Waals surface area contributed by atoms with E-state index in [1.165, 1.54) is 12.2 Å². The number of isocyanates is 2. The molecule has 0 spiro atoms. The van der Waals surface area contributed by atoms with E-state index in [1.807, 2.05) is 6.92 Å². The zero-order valence-electron chi connectivity index (χ0n) is 10.6. The number of aryl methyl sites for hydroxylation is 1. The van der Waals surface area contributed by atoms with E-state index in [-0.39, 0.29) is 0 Å². The average molecular weight is 250 g/mol. The van der Waals surface area contributed by atoms with Crippen LogP contribution in [0.15, 0.2) is 22.4 Å². The van der Waals surface area contributed by atoms with Gasteiger partial charge in [0.15, 0.2) is 0 Å². The van der Waals surface area contributed by atoms with Crippen LogP contribution in [0.25, 0.3) is 0 Å². The number of H-pyrrole nitrogens is 1. The number of aliphatic imine (C=N–C) groups is 2. The second kappa shape index (κ2) is 13.0. The molecule has 0 saturated heterocycles. The van der Waals surface area contributed by atoms with Gasteiger partial charge in [0.05, 0.1) is 13.1 Å². The maximum Gasteiger partial charge on any atom is 0.234 e. The third-order valence-corrected chi connectivity index (χ3v) is 2.05. The van der Waals surface area contributed by atoms with Gasteiger partial charge in [-0.15, -0.1) is 0 Å². The van der Waals surface area contributed by atoms with Crippen molar-refractivity contribution in [1.82, 2.24) is 9.97 Å². The number of hydrogen-bond acceptors (Lipinski definition) is 5. The molecule has 0 unspecified atom stereocenters. The molecule has 1 aromatic heterocycles. The van der Waals surface area contributed by atoms with Crippen molar-refractivity contribution in [3.8, 4) is 0 Å². The summed E-state index contributed by atoms with van der Waals surface area (Å²) in [4.78, 5) is 32.8. The molecule has 0 fully saturated rings. The van der Waals surface area contributed by atoms with Gasteiger partial charge in [-0.3, -0.25) is 0 Å². The standard InChI is InChI=1S/C8H12N2O2.C4H6N2/c11-7-9-5-3-1-2-4-6-10-8-12;1-4-5-2-3-6-4/h1-6H2;2-3H,1H3,(H,5,6). The van der Waals surface area contributed by atoms with E-state index in [0.29, 0.717) is 13.1 Å². The van der Waals surface area contributed by atoms with Crippen molar-refractivity contribution in [3.63, 3.8) is 0 Å². The smallest absolute Gasteiger partial charge is 0.234 e. The quantitative estimate of drug-likeness (QED) is 0.455. The summed E-state index contributed by atoms with van der Waals surface area (Å²) in [5.74, 6) is 0.968. The van der Waals surface area contributed by atoms with E-state index in [2.05, 4.69) is 20.0 Å². The molecule has 6 heteroatoms. The monoisotopic (exact) mass is 250 g/mol. The topological polar surface area (TPSA) is 87.5 Å². The summed E-state index contributed by atoms with van der Waals surface area (Å²) >= 11 is 0. The van der Waals surface area contributed by atoms with E-state index in [0.717, 1.165) is 31.5 Å². The zero-order chi connectivity index (χ0) is 13.5. The summed E-state index contributed by atoms with van der Waals surface area (Å²) in [6.07, 6.45) is 10.3. The number of aromatic amines is 1. The maximum atomic E-state index is 9.63. The van der Waals surface area contributed by atoms with Crippen molar-refractivity contribution in [3.05, 3.63) is 18.2 Å². The Morgan fingerprint density at radius 2 is 1.67 bits per heavy atom. The Balaban J connectivity index is 0.000000397. The first-order valence-corrected chi connectivity index (χ1v) is 5.84. The average Bonchev–Trinajstić information content (AvgIpc) is 2.85. The lowest BCUT2D eigenvalue weighted by Crippen LogP contribution is -1.84. The van der Waals surface area contributed by atoms with Crippen LogP contribution in [0, 0.1) is 6.92 Å². The molecular formula is C12H18N4O2. The Labute approximate surface area is 106 Å². The van der Waals surface area contributed by atoms with E-state index >= 15 is 0 Å². The van der Waals surface area contributed by atoms with Gasteiger partial charge in [0.25, 0.3) is 0 Å². The summed E-state index contributed by atoms with van der Waals surface area (Å²) < 4.78 is 0. The van der Waals surface area contributed by atoms with E-state index in [4.69, 9.17) is 0 Å². The first-order valence-electron chi connectivity index (χ1n) is 5.84. The third kappa shape index (κ3) is 12.0. The molecule has 0 saturated carbocycles. The van der Waals surface area contributed by atoms with Gasteiger partial charge in [-0.2, -0.15) is 0 Å². The van der Waals surface area contributed by atoms with Crippen LogP contribution in [0.1, 0.15) is 31.5 Å². The SMILES string of the molecule is Cc1ncc[nH]1.O=C=NCCCCCCN=C=O. The highest BCUT2D eigenvalue weighted by molar-refractivity contribution is 5.32. The number of carbonyl (C=O) groups excluding carboxylic acids is 2. The Hall–Kier alpha value is -2.03. The fourth-order valence-electron chi connectivity index (χ4n) is 1.17. The molecule has 0 aliphatic heterocycles. The summed E-state index contributed by atoms with van der Waals surface area (Å²) in [6.45, 7) is 3.03. The Kier molecular flexibility index (Phi) is 11.6. The van der Waals surface area contributed by atoms with Gasteiger partial charge in [-0.1, -0.05) is 12.8 Å². The predicted molar refractivity (Wildman–Crippen MR) is 67.8 cm³/mol. The molecule has 0 bridgehead atoms. The lowest BCUT2D eigenvalue weighted by Gasteiger charge is -1.93. The summed E-state index contributed by atoms with van der Waals surface area (Å²) in [7, 11) is 0. The molecule has 0 aromatic carbocycles. The minimum Gasteiger partial charge on any atom is -0.349 e. The molecule has 0 atom stereocenters. The molecule has 1 rings (SSSR count). The minimum absolute atomic E-state index is 0.556. The molecule has 1 heterocycles. The molecule has 0 aliphatic rings. The fourth-order valence-corrected chi connectivity index (χ4v) is 1.17. The number of aromatic nitrogens is 2. The summed E-state index contributed by atoms with van der Waals surface area (Å²) in [5.41, 5.74) is 0. The van der Waals surface area contributed by atoms with Crippen LogP contribution in [0.3, 0.4) is 0 Å².